The molecule has 0 aromatic heterocycles. The second-order valence-corrected chi connectivity index (χ2v) is 8.57. The fraction of sp³-hybridized carbons (Fsp3) is 0.381. The molecule has 8 heteroatoms. The molecule has 0 radical (unpaired) electrons. The van der Waals surface area contributed by atoms with E-state index in [2.05, 4.69) is 5.32 Å². The van der Waals surface area contributed by atoms with Crippen LogP contribution in [0.25, 0.3) is 0 Å². The van der Waals surface area contributed by atoms with Crippen LogP contribution in [0.15, 0.2) is 47.4 Å². The Labute approximate surface area is 172 Å². The van der Waals surface area contributed by atoms with E-state index < -0.39 is 10.0 Å². The molecule has 2 aromatic rings. The molecular formula is C21H28N2O5S. The van der Waals surface area contributed by atoms with Gasteiger partial charge in [-0.25, -0.2) is 8.42 Å². The summed E-state index contributed by atoms with van der Waals surface area (Å²) in [5.41, 5.74) is 1.12. The standard InChI is InChI=1S/C21H28N2O5S/c1-6-16(3)22-21(24)14-23(17-8-10-18(27-4)11-9-17)29(25,26)20-13-15(2)7-12-19(20)28-5/h7-13,16H,6,14H2,1-5H3,(H,22,24)/t16-/m1/s1. The van der Waals surface area contributed by atoms with E-state index >= 15 is 0 Å². The Hall–Kier alpha value is -2.74. The number of methoxy groups -OCH3 is 2. The van der Waals surface area contributed by atoms with Crippen LogP contribution in [-0.4, -0.2) is 41.1 Å². The minimum atomic E-state index is -4.07. The van der Waals surface area contributed by atoms with Gasteiger partial charge in [0.25, 0.3) is 10.0 Å². The average molecular weight is 421 g/mol. The summed E-state index contributed by atoms with van der Waals surface area (Å²) in [6, 6.07) is 11.4. The predicted molar refractivity (Wildman–Crippen MR) is 113 cm³/mol. The summed E-state index contributed by atoms with van der Waals surface area (Å²) in [5.74, 6) is 0.421. The minimum absolute atomic E-state index is 0.00663. The molecule has 158 valence electrons. The smallest absolute Gasteiger partial charge is 0.268 e. The number of nitrogens with one attached hydrogen (secondary N) is 1. The van der Waals surface area contributed by atoms with Gasteiger partial charge in [0.2, 0.25) is 5.91 Å². The Bertz CT molecular complexity index is 942. The minimum Gasteiger partial charge on any atom is -0.497 e. The number of hydrogen-bond acceptors (Lipinski definition) is 5. The number of nitrogens with zero attached hydrogens (tertiary/aromatic N) is 1. The first-order valence-electron chi connectivity index (χ1n) is 9.33. The maximum absolute atomic E-state index is 13.5. The Morgan fingerprint density at radius 3 is 2.31 bits per heavy atom. The zero-order chi connectivity index (χ0) is 21.6. The molecule has 0 saturated heterocycles. The van der Waals surface area contributed by atoms with Crippen LogP contribution in [0.4, 0.5) is 5.69 Å². The summed E-state index contributed by atoms with van der Waals surface area (Å²) < 4.78 is 38.6. The summed E-state index contributed by atoms with van der Waals surface area (Å²) in [6.45, 7) is 5.26. The van der Waals surface area contributed by atoms with E-state index in [1.807, 2.05) is 13.8 Å². The Kier molecular flexibility index (Phi) is 7.50. The lowest BCUT2D eigenvalue weighted by molar-refractivity contribution is -0.120. The van der Waals surface area contributed by atoms with E-state index in [9.17, 15) is 13.2 Å². The van der Waals surface area contributed by atoms with E-state index in [1.165, 1.54) is 20.3 Å². The molecule has 1 atom stereocenters. The number of ether oxygens (including phenoxy) is 2. The van der Waals surface area contributed by atoms with Gasteiger partial charge in [-0.15, -0.1) is 0 Å². The van der Waals surface area contributed by atoms with Gasteiger partial charge < -0.3 is 14.8 Å². The quantitative estimate of drug-likeness (QED) is 0.674. The van der Waals surface area contributed by atoms with Gasteiger partial charge in [0.1, 0.15) is 22.9 Å². The van der Waals surface area contributed by atoms with Crippen molar-refractivity contribution in [3.8, 4) is 11.5 Å². The van der Waals surface area contributed by atoms with Crippen molar-refractivity contribution < 1.29 is 22.7 Å². The van der Waals surface area contributed by atoms with Crippen LogP contribution in [-0.2, 0) is 14.8 Å². The molecule has 2 rings (SSSR count). The first-order chi connectivity index (χ1) is 13.7. The second-order valence-electron chi connectivity index (χ2n) is 6.74. The summed E-state index contributed by atoms with van der Waals surface area (Å²) in [7, 11) is -1.13. The number of anilines is 1. The highest BCUT2D eigenvalue weighted by Crippen LogP contribution is 2.31. The third-order valence-electron chi connectivity index (χ3n) is 4.55. The first-order valence-corrected chi connectivity index (χ1v) is 10.8. The highest BCUT2D eigenvalue weighted by Gasteiger charge is 2.30. The van der Waals surface area contributed by atoms with Crippen molar-refractivity contribution in [1.29, 1.82) is 0 Å². The highest BCUT2D eigenvalue weighted by molar-refractivity contribution is 7.93. The largest absolute Gasteiger partial charge is 0.497 e. The third-order valence-corrected chi connectivity index (χ3v) is 6.35. The zero-order valence-corrected chi connectivity index (χ0v) is 18.2. The SMILES string of the molecule is CC[C@@H](C)NC(=O)CN(c1ccc(OC)cc1)S(=O)(=O)c1cc(C)ccc1OC. The van der Waals surface area contributed by atoms with Gasteiger partial charge >= 0.3 is 0 Å². The van der Waals surface area contributed by atoms with E-state index in [1.54, 1.807) is 43.3 Å². The van der Waals surface area contributed by atoms with E-state index in [-0.39, 0.29) is 29.1 Å². The van der Waals surface area contributed by atoms with Crippen molar-refractivity contribution in [3.05, 3.63) is 48.0 Å². The fourth-order valence-corrected chi connectivity index (χ4v) is 4.39. The van der Waals surface area contributed by atoms with Gasteiger partial charge in [0.15, 0.2) is 0 Å². The van der Waals surface area contributed by atoms with Crippen LogP contribution in [0.2, 0.25) is 0 Å². The lowest BCUT2D eigenvalue weighted by atomic mass is 10.2. The molecule has 1 N–H and O–H groups in total. The predicted octanol–water partition coefficient (Wildman–Crippen LogP) is 3.12. The van der Waals surface area contributed by atoms with Crippen LogP contribution < -0.4 is 19.1 Å². The molecule has 1 amide bonds. The lowest BCUT2D eigenvalue weighted by Gasteiger charge is -2.26. The normalized spacial score (nSPS) is 12.2. The molecule has 2 aromatic carbocycles. The Morgan fingerprint density at radius 1 is 1.10 bits per heavy atom. The molecule has 0 spiro atoms. The third kappa shape index (κ3) is 5.41. The summed E-state index contributed by atoms with van der Waals surface area (Å²) in [6.07, 6.45) is 0.743. The lowest BCUT2D eigenvalue weighted by Crippen LogP contribution is -2.43. The molecule has 0 aliphatic heterocycles. The van der Waals surface area contributed by atoms with Crippen LogP contribution in [0.1, 0.15) is 25.8 Å². The topological polar surface area (TPSA) is 84.9 Å². The van der Waals surface area contributed by atoms with Crippen molar-refractivity contribution in [1.82, 2.24) is 5.32 Å². The molecule has 7 nitrogen and oxygen atoms in total. The number of hydrogen-bond donors (Lipinski definition) is 1. The number of benzene rings is 2. The van der Waals surface area contributed by atoms with Crippen LogP contribution >= 0.6 is 0 Å². The molecular weight excluding hydrogens is 392 g/mol. The van der Waals surface area contributed by atoms with Gasteiger partial charge in [-0.2, -0.15) is 0 Å². The number of carbonyl (C=O) groups is 1. The van der Waals surface area contributed by atoms with Crippen LogP contribution in [0, 0.1) is 6.92 Å². The van der Waals surface area contributed by atoms with Crippen molar-refractivity contribution in [3.63, 3.8) is 0 Å². The molecule has 0 aliphatic rings. The number of amides is 1. The van der Waals surface area contributed by atoms with Crippen LogP contribution in [0.5, 0.6) is 11.5 Å². The average Bonchev–Trinajstić information content (AvgIpc) is 2.71. The fourth-order valence-electron chi connectivity index (χ4n) is 2.72. The number of sulfonamides is 1. The van der Waals surface area contributed by atoms with Crippen molar-refractivity contribution in [2.24, 2.45) is 0 Å². The van der Waals surface area contributed by atoms with Crippen molar-refractivity contribution in [2.45, 2.75) is 38.1 Å². The van der Waals surface area contributed by atoms with Crippen molar-refractivity contribution >= 4 is 21.6 Å². The van der Waals surface area contributed by atoms with Gasteiger partial charge in [-0.1, -0.05) is 13.0 Å². The van der Waals surface area contributed by atoms with E-state index in [4.69, 9.17) is 9.47 Å². The van der Waals surface area contributed by atoms with Gasteiger partial charge in [0, 0.05) is 6.04 Å². The molecule has 0 unspecified atom stereocenters. The summed E-state index contributed by atoms with van der Waals surface area (Å²) >= 11 is 0. The van der Waals surface area contributed by atoms with E-state index in [0.717, 1.165) is 16.3 Å². The van der Waals surface area contributed by atoms with Gasteiger partial charge in [0.05, 0.1) is 19.9 Å². The number of rotatable bonds is 9. The van der Waals surface area contributed by atoms with Gasteiger partial charge in [-0.3, -0.25) is 9.10 Å². The molecule has 0 fully saturated rings. The maximum Gasteiger partial charge on any atom is 0.268 e. The van der Waals surface area contributed by atoms with Crippen molar-refractivity contribution in [2.75, 3.05) is 25.1 Å². The Morgan fingerprint density at radius 2 is 1.76 bits per heavy atom. The Balaban J connectivity index is 2.53. The summed E-state index contributed by atoms with van der Waals surface area (Å²) in [4.78, 5) is 12.6. The molecule has 29 heavy (non-hydrogen) atoms. The zero-order valence-electron chi connectivity index (χ0n) is 17.4. The van der Waals surface area contributed by atoms with Crippen LogP contribution in [0.3, 0.4) is 0 Å². The monoisotopic (exact) mass is 420 g/mol. The highest BCUT2D eigenvalue weighted by atomic mass is 32.2. The second kappa shape index (κ2) is 9.65. The van der Waals surface area contributed by atoms with E-state index in [0.29, 0.717) is 11.4 Å². The molecule has 0 saturated carbocycles. The number of carbonyl (C=O) groups excluding carboxylic acids is 1. The molecule has 0 bridgehead atoms. The van der Waals surface area contributed by atoms with Gasteiger partial charge in [-0.05, 0) is 62.2 Å². The first kappa shape index (κ1) is 22.5. The maximum atomic E-state index is 13.5. The molecule has 0 aliphatic carbocycles. The summed E-state index contributed by atoms with van der Waals surface area (Å²) in [5, 5.41) is 2.81. The number of aryl methyl sites for hydroxylation is 1. The molecule has 0 heterocycles.